The van der Waals surface area contributed by atoms with Crippen LogP contribution in [0.3, 0.4) is 0 Å². The number of benzene rings is 2. The van der Waals surface area contributed by atoms with Gasteiger partial charge in [-0.2, -0.15) is 0 Å². The van der Waals surface area contributed by atoms with E-state index in [0.29, 0.717) is 12.3 Å². The highest BCUT2D eigenvalue weighted by molar-refractivity contribution is 5.88. The molecule has 2 aromatic carbocycles. The van der Waals surface area contributed by atoms with Crippen molar-refractivity contribution in [1.82, 2.24) is 4.57 Å². The molecular formula is C20H18N2O3. The van der Waals surface area contributed by atoms with E-state index in [9.17, 15) is 9.59 Å². The summed E-state index contributed by atoms with van der Waals surface area (Å²) in [4.78, 5) is 25.4. The predicted molar refractivity (Wildman–Crippen MR) is 97.1 cm³/mol. The highest BCUT2D eigenvalue weighted by Crippen LogP contribution is 2.17. The zero-order valence-corrected chi connectivity index (χ0v) is 13.8. The van der Waals surface area contributed by atoms with Gasteiger partial charge in [-0.1, -0.05) is 36.4 Å². The van der Waals surface area contributed by atoms with Gasteiger partial charge < -0.3 is 9.30 Å². The molecular weight excluding hydrogens is 316 g/mol. The van der Waals surface area contributed by atoms with E-state index >= 15 is 0 Å². The number of hydrogen-bond donors (Lipinski definition) is 0. The zero-order chi connectivity index (χ0) is 17.6. The quantitative estimate of drug-likeness (QED) is 0.733. The predicted octanol–water partition coefficient (Wildman–Crippen LogP) is 3.53. The summed E-state index contributed by atoms with van der Waals surface area (Å²) in [5.41, 5.74) is 1.65. The second kappa shape index (κ2) is 7.49. The summed E-state index contributed by atoms with van der Waals surface area (Å²) in [6.45, 7) is 0.470. The van der Waals surface area contributed by atoms with Crippen molar-refractivity contribution < 1.29 is 9.53 Å². The minimum Gasteiger partial charge on any atom is -0.410 e. The molecule has 0 aliphatic carbocycles. The maximum Gasteiger partial charge on any atom is 0.419 e. The van der Waals surface area contributed by atoms with E-state index in [4.69, 9.17) is 4.74 Å². The van der Waals surface area contributed by atoms with Gasteiger partial charge in [-0.05, 0) is 35.9 Å². The van der Waals surface area contributed by atoms with Crippen molar-refractivity contribution in [2.24, 2.45) is 0 Å². The number of carbonyl (C=O) groups is 1. The van der Waals surface area contributed by atoms with Crippen LogP contribution in [0.25, 0.3) is 0 Å². The third kappa shape index (κ3) is 4.14. The summed E-state index contributed by atoms with van der Waals surface area (Å²) in [5, 5.41) is 0. The van der Waals surface area contributed by atoms with E-state index in [1.165, 1.54) is 11.0 Å². The molecule has 0 spiro atoms. The van der Waals surface area contributed by atoms with E-state index in [0.717, 1.165) is 11.3 Å². The molecule has 0 bridgehead atoms. The number of carbonyl (C=O) groups excluding carboxylic acids is 1. The van der Waals surface area contributed by atoms with Gasteiger partial charge in [-0.15, -0.1) is 0 Å². The topological polar surface area (TPSA) is 51.5 Å². The fourth-order valence-electron chi connectivity index (χ4n) is 2.38. The van der Waals surface area contributed by atoms with E-state index in [1.807, 2.05) is 48.5 Å². The molecule has 0 unspecified atom stereocenters. The van der Waals surface area contributed by atoms with Gasteiger partial charge in [-0.25, -0.2) is 4.79 Å². The molecule has 0 aliphatic heterocycles. The molecule has 0 saturated heterocycles. The summed E-state index contributed by atoms with van der Waals surface area (Å²) >= 11 is 0. The van der Waals surface area contributed by atoms with Crippen molar-refractivity contribution in [2.75, 3.05) is 11.9 Å². The summed E-state index contributed by atoms with van der Waals surface area (Å²) in [5.74, 6) is 0.455. The third-order valence-corrected chi connectivity index (χ3v) is 3.80. The lowest BCUT2D eigenvalue weighted by atomic mass is 10.2. The van der Waals surface area contributed by atoms with Crippen LogP contribution in [0.5, 0.6) is 5.75 Å². The van der Waals surface area contributed by atoms with E-state index in [-0.39, 0.29) is 5.56 Å². The number of rotatable bonds is 4. The van der Waals surface area contributed by atoms with Gasteiger partial charge in [0.15, 0.2) is 0 Å². The Morgan fingerprint density at radius 3 is 2.32 bits per heavy atom. The standard InChI is InChI=1S/C20H18N2O3/c1-21(17-7-3-2-4-8-17)20(24)25-18-12-10-16(11-13-18)15-22-14-6-5-9-19(22)23/h2-14H,15H2,1H3. The molecule has 1 amide bonds. The van der Waals surface area contributed by atoms with Gasteiger partial charge in [0.1, 0.15) is 5.75 Å². The number of aromatic nitrogens is 1. The normalized spacial score (nSPS) is 10.3. The fourth-order valence-corrected chi connectivity index (χ4v) is 2.38. The second-order valence-electron chi connectivity index (χ2n) is 5.57. The molecule has 0 aliphatic rings. The van der Waals surface area contributed by atoms with Crippen LogP contribution in [0.15, 0.2) is 83.8 Å². The molecule has 3 aromatic rings. The lowest BCUT2D eigenvalue weighted by Gasteiger charge is -2.16. The molecule has 0 fully saturated rings. The minimum absolute atomic E-state index is 0.0532. The Morgan fingerprint density at radius 2 is 1.64 bits per heavy atom. The van der Waals surface area contributed by atoms with Gasteiger partial charge in [0.05, 0.1) is 6.54 Å². The molecule has 1 aromatic heterocycles. The number of nitrogens with zero attached hydrogens (tertiary/aromatic N) is 2. The van der Waals surface area contributed by atoms with Crippen LogP contribution < -0.4 is 15.2 Å². The highest BCUT2D eigenvalue weighted by atomic mass is 16.6. The van der Waals surface area contributed by atoms with E-state index in [2.05, 4.69) is 0 Å². The number of anilines is 1. The van der Waals surface area contributed by atoms with Gasteiger partial charge in [0.2, 0.25) is 0 Å². The van der Waals surface area contributed by atoms with Crippen molar-refractivity contribution in [3.8, 4) is 5.75 Å². The molecule has 5 heteroatoms. The summed E-state index contributed by atoms with van der Waals surface area (Å²) in [6, 6.07) is 21.5. The molecule has 5 nitrogen and oxygen atoms in total. The first-order valence-electron chi connectivity index (χ1n) is 7.88. The fraction of sp³-hybridized carbons (Fsp3) is 0.100. The Morgan fingerprint density at radius 1 is 0.960 bits per heavy atom. The van der Waals surface area contributed by atoms with Crippen molar-refractivity contribution >= 4 is 11.8 Å². The Labute approximate surface area is 145 Å². The maximum atomic E-state index is 12.2. The van der Waals surface area contributed by atoms with Crippen LogP contribution in [0.4, 0.5) is 10.5 Å². The average molecular weight is 334 g/mol. The maximum absolute atomic E-state index is 12.2. The van der Waals surface area contributed by atoms with Crippen LogP contribution in [-0.4, -0.2) is 17.7 Å². The number of ether oxygens (including phenoxy) is 1. The van der Waals surface area contributed by atoms with Gasteiger partial charge in [0, 0.05) is 25.0 Å². The second-order valence-corrected chi connectivity index (χ2v) is 5.57. The molecule has 1 heterocycles. The Kier molecular flexibility index (Phi) is 4.95. The number of pyridine rings is 1. The van der Waals surface area contributed by atoms with Crippen molar-refractivity contribution in [3.63, 3.8) is 0 Å². The van der Waals surface area contributed by atoms with Crippen LogP contribution in [0.1, 0.15) is 5.56 Å². The molecule has 0 N–H and O–H groups in total. The lowest BCUT2D eigenvalue weighted by molar-refractivity contribution is 0.209. The first-order valence-corrected chi connectivity index (χ1v) is 7.88. The van der Waals surface area contributed by atoms with Crippen molar-refractivity contribution in [2.45, 2.75) is 6.54 Å². The SMILES string of the molecule is CN(C(=O)Oc1ccc(Cn2ccccc2=O)cc1)c1ccccc1. The van der Waals surface area contributed by atoms with Crippen LogP contribution >= 0.6 is 0 Å². The van der Waals surface area contributed by atoms with Crippen LogP contribution in [0, 0.1) is 0 Å². The van der Waals surface area contributed by atoms with E-state index in [1.54, 1.807) is 36.0 Å². The summed E-state index contributed by atoms with van der Waals surface area (Å²) in [6.07, 6.45) is 1.28. The monoisotopic (exact) mass is 334 g/mol. The Bertz CT molecular complexity index is 902. The van der Waals surface area contributed by atoms with Gasteiger partial charge >= 0.3 is 6.09 Å². The third-order valence-electron chi connectivity index (χ3n) is 3.80. The number of amides is 1. The average Bonchev–Trinajstić information content (AvgIpc) is 2.65. The molecule has 0 radical (unpaired) electrons. The zero-order valence-electron chi connectivity index (χ0n) is 13.8. The number of para-hydroxylation sites is 1. The Hall–Kier alpha value is -3.34. The molecule has 25 heavy (non-hydrogen) atoms. The van der Waals surface area contributed by atoms with Gasteiger partial charge in [-0.3, -0.25) is 9.69 Å². The van der Waals surface area contributed by atoms with Crippen LogP contribution in [-0.2, 0) is 6.54 Å². The molecule has 0 saturated carbocycles. The summed E-state index contributed by atoms with van der Waals surface area (Å²) < 4.78 is 6.99. The number of hydrogen-bond acceptors (Lipinski definition) is 3. The van der Waals surface area contributed by atoms with Crippen molar-refractivity contribution in [3.05, 3.63) is 94.9 Å². The lowest BCUT2D eigenvalue weighted by Crippen LogP contribution is -2.29. The Balaban J connectivity index is 1.65. The molecule has 126 valence electrons. The minimum atomic E-state index is -0.460. The smallest absolute Gasteiger partial charge is 0.410 e. The van der Waals surface area contributed by atoms with Crippen LogP contribution in [0.2, 0.25) is 0 Å². The summed E-state index contributed by atoms with van der Waals surface area (Å²) in [7, 11) is 1.66. The molecule has 3 rings (SSSR count). The van der Waals surface area contributed by atoms with E-state index < -0.39 is 6.09 Å². The molecule has 0 atom stereocenters. The highest BCUT2D eigenvalue weighted by Gasteiger charge is 2.12. The largest absolute Gasteiger partial charge is 0.419 e. The first-order chi connectivity index (χ1) is 12.1. The van der Waals surface area contributed by atoms with Crippen molar-refractivity contribution in [1.29, 1.82) is 0 Å². The van der Waals surface area contributed by atoms with Gasteiger partial charge in [0.25, 0.3) is 5.56 Å². The first kappa shape index (κ1) is 16.5.